The van der Waals surface area contributed by atoms with E-state index in [2.05, 4.69) is 5.43 Å². The molecule has 0 atom stereocenters. The number of benzene rings is 1. The third kappa shape index (κ3) is 0.836. The van der Waals surface area contributed by atoms with E-state index in [1.807, 2.05) is 35.1 Å². The van der Waals surface area contributed by atoms with Gasteiger partial charge in [-0.2, -0.15) is 0 Å². The molecule has 3 heteroatoms. The summed E-state index contributed by atoms with van der Waals surface area (Å²) in [5, 5.41) is 1.08. The number of para-hydroxylation sites is 1. The zero-order chi connectivity index (χ0) is 9.54. The molecule has 0 saturated carbocycles. The molecule has 0 bridgehead atoms. The molecule has 14 heavy (non-hydrogen) atoms. The summed E-state index contributed by atoms with van der Waals surface area (Å²) in [6.07, 6.45) is 5.11. The van der Waals surface area contributed by atoms with Crippen molar-refractivity contribution < 1.29 is 4.79 Å². The van der Waals surface area contributed by atoms with Crippen LogP contribution in [0.1, 0.15) is 10.4 Å². The average Bonchev–Trinajstić information content (AvgIpc) is 2.53. The number of hydrogen-bond donors (Lipinski definition) is 1. The number of aromatic nitrogens is 1. The monoisotopic (exact) mass is 184 g/mol. The second-order valence-corrected chi connectivity index (χ2v) is 3.26. The van der Waals surface area contributed by atoms with Gasteiger partial charge >= 0.3 is 0 Å². The van der Waals surface area contributed by atoms with Crippen molar-refractivity contribution in [2.24, 2.45) is 0 Å². The number of ketones is 1. The van der Waals surface area contributed by atoms with Crippen molar-refractivity contribution in [2.75, 3.05) is 5.43 Å². The molecule has 0 fully saturated rings. The minimum absolute atomic E-state index is 0.0422. The van der Waals surface area contributed by atoms with Crippen molar-refractivity contribution in [3.8, 4) is 0 Å². The number of hydrogen-bond acceptors (Lipinski definition) is 2. The summed E-state index contributed by atoms with van der Waals surface area (Å²) in [6, 6.07) is 7.73. The summed E-state index contributed by atoms with van der Waals surface area (Å²) in [5.41, 5.74) is 4.71. The first-order valence-corrected chi connectivity index (χ1v) is 4.44. The zero-order valence-electron chi connectivity index (χ0n) is 7.40. The van der Waals surface area contributed by atoms with Crippen LogP contribution >= 0.6 is 0 Å². The molecular formula is C11H8N2O. The fraction of sp³-hybridized carbons (Fsp3) is 0. The van der Waals surface area contributed by atoms with Crippen molar-refractivity contribution in [1.82, 2.24) is 4.68 Å². The van der Waals surface area contributed by atoms with Crippen molar-refractivity contribution in [3.63, 3.8) is 0 Å². The summed E-state index contributed by atoms with van der Waals surface area (Å²) in [6.45, 7) is 0. The van der Waals surface area contributed by atoms with Gasteiger partial charge in [0.2, 0.25) is 0 Å². The molecule has 1 aromatic carbocycles. The fourth-order valence-corrected chi connectivity index (χ4v) is 1.78. The van der Waals surface area contributed by atoms with E-state index in [0.29, 0.717) is 0 Å². The van der Waals surface area contributed by atoms with Crippen molar-refractivity contribution >= 4 is 16.7 Å². The first-order valence-electron chi connectivity index (χ1n) is 4.44. The molecule has 0 aliphatic carbocycles. The molecule has 1 aromatic heterocycles. The Hall–Kier alpha value is -2.03. The lowest BCUT2D eigenvalue weighted by Crippen LogP contribution is -2.04. The van der Waals surface area contributed by atoms with Crippen LogP contribution in [0.15, 0.2) is 42.7 Å². The minimum Gasteiger partial charge on any atom is -0.301 e. The molecule has 68 valence electrons. The van der Waals surface area contributed by atoms with E-state index in [-0.39, 0.29) is 5.78 Å². The van der Waals surface area contributed by atoms with E-state index < -0.39 is 0 Å². The van der Waals surface area contributed by atoms with E-state index in [9.17, 15) is 4.79 Å². The molecule has 0 spiro atoms. The standard InChI is InChI=1S/C11H8N2O/c14-10-4-6-12-13-7-5-8-2-1-3-9(10)11(8)13/h1-7,12H. The summed E-state index contributed by atoms with van der Waals surface area (Å²) in [4.78, 5) is 11.6. The van der Waals surface area contributed by atoms with Crippen molar-refractivity contribution in [2.45, 2.75) is 0 Å². The molecule has 1 aliphatic rings. The van der Waals surface area contributed by atoms with Crippen LogP contribution in [0.25, 0.3) is 10.9 Å². The Labute approximate surface area is 80.6 Å². The highest BCUT2D eigenvalue weighted by atomic mass is 16.1. The molecular weight excluding hydrogens is 176 g/mol. The zero-order valence-corrected chi connectivity index (χ0v) is 7.40. The maximum atomic E-state index is 11.6. The van der Waals surface area contributed by atoms with Gasteiger partial charge in [-0.3, -0.25) is 9.47 Å². The molecule has 3 nitrogen and oxygen atoms in total. The summed E-state index contributed by atoms with van der Waals surface area (Å²) < 4.78 is 1.85. The number of nitrogens with zero attached hydrogens (tertiary/aromatic N) is 1. The molecule has 0 amide bonds. The third-order valence-corrected chi connectivity index (χ3v) is 2.43. The summed E-state index contributed by atoms with van der Waals surface area (Å²) in [5.74, 6) is 0.0422. The van der Waals surface area contributed by atoms with Gasteiger partial charge in [0.25, 0.3) is 0 Å². The van der Waals surface area contributed by atoms with Gasteiger partial charge in [0, 0.05) is 29.4 Å². The topological polar surface area (TPSA) is 34.0 Å². The Balaban J connectivity index is 2.50. The molecule has 3 rings (SSSR count). The quantitative estimate of drug-likeness (QED) is 0.678. The number of rotatable bonds is 0. The first-order chi connectivity index (χ1) is 6.86. The Bertz CT molecular complexity index is 551. The predicted molar refractivity (Wildman–Crippen MR) is 54.8 cm³/mol. The van der Waals surface area contributed by atoms with Gasteiger partial charge in [-0.05, 0) is 12.1 Å². The smallest absolute Gasteiger partial charge is 0.189 e. The molecule has 1 N–H and O–H groups in total. The van der Waals surface area contributed by atoms with Crippen LogP contribution in [-0.2, 0) is 0 Å². The van der Waals surface area contributed by atoms with Gasteiger partial charge in [0.05, 0.1) is 5.52 Å². The lowest BCUT2D eigenvalue weighted by atomic mass is 10.1. The average molecular weight is 184 g/mol. The van der Waals surface area contributed by atoms with E-state index in [0.717, 1.165) is 16.5 Å². The second kappa shape index (κ2) is 2.48. The van der Waals surface area contributed by atoms with E-state index in [1.165, 1.54) is 0 Å². The van der Waals surface area contributed by atoms with Crippen LogP contribution in [-0.4, -0.2) is 10.5 Å². The van der Waals surface area contributed by atoms with E-state index >= 15 is 0 Å². The first kappa shape index (κ1) is 7.38. The highest BCUT2D eigenvalue weighted by Crippen LogP contribution is 2.21. The van der Waals surface area contributed by atoms with Crippen molar-refractivity contribution in [1.29, 1.82) is 0 Å². The number of carbonyl (C=O) groups excluding carboxylic acids is 1. The molecule has 0 saturated heterocycles. The lowest BCUT2D eigenvalue weighted by Gasteiger charge is -2.03. The van der Waals surface area contributed by atoms with Crippen LogP contribution in [0, 0.1) is 0 Å². The van der Waals surface area contributed by atoms with Crippen molar-refractivity contribution in [3.05, 3.63) is 48.3 Å². The number of allylic oxidation sites excluding steroid dienone is 1. The minimum atomic E-state index is 0.0422. The summed E-state index contributed by atoms with van der Waals surface area (Å²) >= 11 is 0. The fourth-order valence-electron chi connectivity index (χ4n) is 1.78. The van der Waals surface area contributed by atoms with E-state index in [1.54, 1.807) is 12.3 Å². The highest BCUT2D eigenvalue weighted by molar-refractivity contribution is 6.13. The van der Waals surface area contributed by atoms with Crippen LogP contribution in [0.2, 0.25) is 0 Å². The second-order valence-electron chi connectivity index (χ2n) is 3.26. The van der Waals surface area contributed by atoms with Gasteiger partial charge < -0.3 is 5.43 Å². The summed E-state index contributed by atoms with van der Waals surface area (Å²) in [7, 11) is 0. The Morgan fingerprint density at radius 3 is 3.07 bits per heavy atom. The van der Waals surface area contributed by atoms with Gasteiger partial charge in [0.15, 0.2) is 5.78 Å². The Morgan fingerprint density at radius 2 is 2.14 bits per heavy atom. The van der Waals surface area contributed by atoms with Crippen LogP contribution in [0.3, 0.4) is 0 Å². The lowest BCUT2D eigenvalue weighted by molar-refractivity contribution is 0.104. The molecule has 2 heterocycles. The highest BCUT2D eigenvalue weighted by Gasteiger charge is 2.12. The van der Waals surface area contributed by atoms with Gasteiger partial charge in [-0.15, -0.1) is 0 Å². The molecule has 0 unspecified atom stereocenters. The Kier molecular flexibility index (Phi) is 1.31. The maximum absolute atomic E-state index is 11.6. The van der Waals surface area contributed by atoms with E-state index in [4.69, 9.17) is 0 Å². The van der Waals surface area contributed by atoms with Gasteiger partial charge in [-0.25, -0.2) is 0 Å². The number of carbonyl (C=O) groups is 1. The molecule has 2 aromatic rings. The van der Waals surface area contributed by atoms with Gasteiger partial charge in [-0.1, -0.05) is 12.1 Å². The SMILES string of the molecule is O=C1C=CNn2ccc3cccc1c32. The van der Waals surface area contributed by atoms with Crippen LogP contribution in [0.4, 0.5) is 0 Å². The number of nitrogens with one attached hydrogen (secondary N) is 1. The van der Waals surface area contributed by atoms with Crippen LogP contribution < -0.4 is 5.43 Å². The molecule has 0 radical (unpaired) electrons. The predicted octanol–water partition coefficient (Wildman–Crippen LogP) is 1.89. The van der Waals surface area contributed by atoms with Gasteiger partial charge in [0.1, 0.15) is 0 Å². The Morgan fingerprint density at radius 1 is 1.21 bits per heavy atom. The molecule has 1 aliphatic heterocycles. The normalized spacial score (nSPS) is 14.1. The van der Waals surface area contributed by atoms with Crippen LogP contribution in [0.5, 0.6) is 0 Å². The largest absolute Gasteiger partial charge is 0.301 e. The third-order valence-electron chi connectivity index (χ3n) is 2.43. The maximum Gasteiger partial charge on any atom is 0.189 e.